The quantitative estimate of drug-likeness (QED) is 0.296. The van der Waals surface area contributed by atoms with Crippen molar-refractivity contribution in [2.24, 2.45) is 4.99 Å². The van der Waals surface area contributed by atoms with Crippen molar-refractivity contribution >= 4 is 17.6 Å². The lowest BCUT2D eigenvalue weighted by Gasteiger charge is -2.33. The molecule has 0 spiro atoms. The maximum absolute atomic E-state index is 12.3. The van der Waals surface area contributed by atoms with Crippen molar-refractivity contribution in [1.82, 2.24) is 15.5 Å². The van der Waals surface area contributed by atoms with Gasteiger partial charge in [-0.2, -0.15) is 0 Å². The Hall–Kier alpha value is -2.54. The summed E-state index contributed by atoms with van der Waals surface area (Å²) < 4.78 is 5.51. The lowest BCUT2D eigenvalue weighted by atomic mass is 10.0. The van der Waals surface area contributed by atoms with Gasteiger partial charge in [-0.25, -0.2) is 0 Å². The molecule has 0 aromatic heterocycles. The summed E-state index contributed by atoms with van der Waals surface area (Å²) in [5, 5.41) is 6.93. The third-order valence-corrected chi connectivity index (χ3v) is 5.38. The Kier molecular flexibility index (Phi) is 8.13. The number of likely N-dealkylation sites (tertiary alicyclic amines) is 1. The molecule has 1 amide bonds. The zero-order valence-corrected chi connectivity index (χ0v) is 18.3. The number of benzene rings is 1. The molecule has 3 rings (SSSR count). The molecule has 7 nitrogen and oxygen atoms in total. The van der Waals surface area contributed by atoms with Crippen molar-refractivity contribution < 1.29 is 9.53 Å². The molecule has 2 aliphatic heterocycles. The van der Waals surface area contributed by atoms with E-state index in [9.17, 15) is 4.79 Å². The van der Waals surface area contributed by atoms with Crippen LogP contribution in [-0.4, -0.2) is 68.7 Å². The maximum Gasteiger partial charge on any atom is 0.265 e. The Morgan fingerprint density at radius 3 is 2.80 bits per heavy atom. The Morgan fingerprint density at radius 2 is 2.07 bits per heavy atom. The normalized spacial score (nSPS) is 18.0. The average molecular weight is 414 g/mol. The number of hydrogen-bond acceptors (Lipinski definition) is 4. The second kappa shape index (κ2) is 11.0. The van der Waals surface area contributed by atoms with Gasteiger partial charge < -0.3 is 20.3 Å². The summed E-state index contributed by atoms with van der Waals surface area (Å²) >= 11 is 0. The third-order valence-electron chi connectivity index (χ3n) is 5.38. The summed E-state index contributed by atoms with van der Waals surface area (Å²) in [4.78, 5) is 21.3. The second-order valence-electron chi connectivity index (χ2n) is 8.07. The summed E-state index contributed by atoms with van der Waals surface area (Å²) in [6.07, 6.45) is 3.02. The maximum atomic E-state index is 12.3. The first-order chi connectivity index (χ1) is 14.6. The largest absolute Gasteiger partial charge is 0.482 e. The van der Waals surface area contributed by atoms with Gasteiger partial charge in [0.1, 0.15) is 5.75 Å². The van der Waals surface area contributed by atoms with Crippen LogP contribution >= 0.6 is 0 Å². The van der Waals surface area contributed by atoms with E-state index in [-0.39, 0.29) is 12.5 Å². The first-order valence-corrected chi connectivity index (χ1v) is 11.0. The molecule has 1 fully saturated rings. The van der Waals surface area contributed by atoms with Gasteiger partial charge in [0.05, 0.1) is 5.69 Å². The highest BCUT2D eigenvalue weighted by molar-refractivity contribution is 5.97. The number of amides is 1. The molecule has 0 unspecified atom stereocenters. The van der Waals surface area contributed by atoms with Gasteiger partial charge in [-0.15, -0.1) is 0 Å². The second-order valence-corrected chi connectivity index (χ2v) is 8.07. The van der Waals surface area contributed by atoms with Crippen LogP contribution < -0.4 is 20.3 Å². The molecule has 164 valence electrons. The third kappa shape index (κ3) is 6.23. The fraction of sp³-hybridized carbons (Fsp3) is 0.565. The Bertz CT molecular complexity index is 756. The van der Waals surface area contributed by atoms with Gasteiger partial charge in [-0.1, -0.05) is 24.3 Å². The van der Waals surface area contributed by atoms with Crippen LogP contribution in [0.25, 0.3) is 0 Å². The zero-order chi connectivity index (χ0) is 21.3. The highest BCUT2D eigenvalue weighted by atomic mass is 16.5. The van der Waals surface area contributed by atoms with Crippen molar-refractivity contribution in [3.8, 4) is 5.75 Å². The first kappa shape index (κ1) is 22.2. The van der Waals surface area contributed by atoms with Gasteiger partial charge in [-0.3, -0.25) is 14.7 Å². The number of hydrogen-bond donors (Lipinski definition) is 2. The molecule has 1 aromatic carbocycles. The zero-order valence-electron chi connectivity index (χ0n) is 18.3. The SMILES string of the molecule is C=C(C)CN1CCC(NC(=NCCCN2C(=O)COc3ccccc32)NCC)CC1. The van der Waals surface area contributed by atoms with Gasteiger partial charge in [-0.05, 0) is 45.2 Å². The molecule has 2 aliphatic rings. The summed E-state index contributed by atoms with van der Waals surface area (Å²) in [5.41, 5.74) is 2.07. The van der Waals surface area contributed by atoms with Gasteiger partial charge >= 0.3 is 0 Å². The number of ether oxygens (including phenoxy) is 1. The van der Waals surface area contributed by atoms with Crippen molar-refractivity contribution in [3.05, 3.63) is 36.4 Å². The predicted octanol–water partition coefficient (Wildman–Crippen LogP) is 2.40. The summed E-state index contributed by atoms with van der Waals surface area (Å²) in [5.74, 6) is 1.64. The lowest BCUT2D eigenvalue weighted by molar-refractivity contribution is -0.121. The number of fused-ring (bicyclic) bond motifs is 1. The number of nitrogens with one attached hydrogen (secondary N) is 2. The molecule has 1 aromatic rings. The minimum absolute atomic E-state index is 0.00392. The van der Waals surface area contributed by atoms with Gasteiger partial charge in [0.25, 0.3) is 5.91 Å². The molecular formula is C23H35N5O2. The highest BCUT2D eigenvalue weighted by Crippen LogP contribution is 2.31. The number of carbonyl (C=O) groups is 1. The van der Waals surface area contributed by atoms with Crippen LogP contribution in [0.15, 0.2) is 41.4 Å². The van der Waals surface area contributed by atoms with E-state index in [2.05, 4.69) is 36.0 Å². The van der Waals surface area contributed by atoms with E-state index < -0.39 is 0 Å². The molecule has 0 aliphatic carbocycles. The van der Waals surface area contributed by atoms with Crippen LogP contribution in [0.2, 0.25) is 0 Å². The minimum Gasteiger partial charge on any atom is -0.482 e. The Morgan fingerprint density at radius 1 is 1.30 bits per heavy atom. The monoisotopic (exact) mass is 413 g/mol. The van der Waals surface area contributed by atoms with E-state index in [0.29, 0.717) is 19.1 Å². The Balaban J connectivity index is 1.47. The summed E-state index contributed by atoms with van der Waals surface area (Å²) in [6.45, 7) is 13.6. The van der Waals surface area contributed by atoms with E-state index in [4.69, 9.17) is 9.73 Å². The van der Waals surface area contributed by atoms with Crippen LogP contribution in [-0.2, 0) is 4.79 Å². The number of guanidine groups is 1. The molecule has 0 bridgehead atoms. The van der Waals surface area contributed by atoms with Gasteiger partial charge in [0.15, 0.2) is 12.6 Å². The van der Waals surface area contributed by atoms with Crippen molar-refractivity contribution in [2.75, 3.05) is 50.8 Å². The molecular weight excluding hydrogens is 378 g/mol. The highest BCUT2D eigenvalue weighted by Gasteiger charge is 2.24. The van der Waals surface area contributed by atoms with Crippen molar-refractivity contribution in [2.45, 2.75) is 39.2 Å². The predicted molar refractivity (Wildman–Crippen MR) is 122 cm³/mol. The average Bonchev–Trinajstić information content (AvgIpc) is 2.73. The molecule has 0 atom stereocenters. The van der Waals surface area contributed by atoms with E-state index in [1.54, 1.807) is 0 Å². The number of rotatable bonds is 8. The summed E-state index contributed by atoms with van der Waals surface area (Å²) in [7, 11) is 0. The smallest absolute Gasteiger partial charge is 0.265 e. The topological polar surface area (TPSA) is 69.2 Å². The number of para-hydroxylation sites is 2. The fourth-order valence-corrected chi connectivity index (χ4v) is 3.95. The molecule has 1 saturated heterocycles. The lowest BCUT2D eigenvalue weighted by Crippen LogP contribution is -2.49. The molecule has 30 heavy (non-hydrogen) atoms. The number of nitrogens with zero attached hydrogens (tertiary/aromatic N) is 3. The molecule has 7 heteroatoms. The van der Waals surface area contributed by atoms with E-state index in [1.807, 2.05) is 29.2 Å². The number of anilines is 1. The van der Waals surface area contributed by atoms with Crippen LogP contribution in [0, 0.1) is 0 Å². The molecule has 0 radical (unpaired) electrons. The minimum atomic E-state index is 0.00392. The first-order valence-electron chi connectivity index (χ1n) is 11.0. The number of aliphatic imine (C=N–C) groups is 1. The van der Waals surface area contributed by atoms with Crippen LogP contribution in [0.5, 0.6) is 5.75 Å². The van der Waals surface area contributed by atoms with E-state index in [1.165, 1.54) is 5.57 Å². The Labute approximate surface area is 180 Å². The standard InChI is InChI=1S/C23H35N5O2/c1-4-24-23(26-19-10-14-27(15-11-19)16-18(2)3)25-12-7-13-28-20-8-5-6-9-21(20)30-17-22(28)29/h5-6,8-9,19H,2,4,7,10-17H2,1,3H3,(H2,24,25,26). The van der Waals surface area contributed by atoms with Crippen molar-refractivity contribution in [3.63, 3.8) is 0 Å². The van der Waals surface area contributed by atoms with Crippen LogP contribution in [0.1, 0.15) is 33.1 Å². The van der Waals surface area contributed by atoms with Crippen molar-refractivity contribution in [1.29, 1.82) is 0 Å². The van der Waals surface area contributed by atoms with Gasteiger partial charge in [0.2, 0.25) is 0 Å². The fourth-order valence-electron chi connectivity index (χ4n) is 3.95. The molecule has 0 saturated carbocycles. The van der Waals surface area contributed by atoms with Gasteiger partial charge in [0, 0.05) is 45.3 Å². The van der Waals surface area contributed by atoms with E-state index >= 15 is 0 Å². The number of carbonyl (C=O) groups excluding carboxylic acids is 1. The van der Waals surface area contributed by atoms with Crippen LogP contribution in [0.3, 0.4) is 0 Å². The van der Waals surface area contributed by atoms with Crippen LogP contribution in [0.4, 0.5) is 5.69 Å². The molecule has 2 heterocycles. The van der Waals surface area contributed by atoms with E-state index in [0.717, 1.165) is 62.8 Å². The number of piperidine rings is 1. The molecule has 2 N–H and O–H groups in total. The summed E-state index contributed by atoms with van der Waals surface area (Å²) in [6, 6.07) is 8.13.